The van der Waals surface area contributed by atoms with Crippen molar-refractivity contribution in [3.05, 3.63) is 29.8 Å². The summed E-state index contributed by atoms with van der Waals surface area (Å²) in [7, 11) is 0. The quantitative estimate of drug-likeness (QED) is 0.411. The van der Waals surface area contributed by atoms with E-state index in [1.807, 2.05) is 38.1 Å². The number of hydrogen-bond acceptors (Lipinski definition) is 2. The molecule has 0 spiro atoms. The second-order valence-corrected chi connectivity index (χ2v) is 7.48. The predicted molar refractivity (Wildman–Crippen MR) is 97.7 cm³/mol. The van der Waals surface area contributed by atoms with Gasteiger partial charge in [0.25, 0.3) is 0 Å². The number of benzene rings is 1. The molecule has 0 fully saturated rings. The van der Waals surface area contributed by atoms with Crippen molar-refractivity contribution in [2.45, 2.75) is 36.6 Å². The van der Waals surface area contributed by atoms with Crippen LogP contribution in [0.3, 0.4) is 0 Å². The van der Waals surface area contributed by atoms with Gasteiger partial charge in [0.1, 0.15) is 6.17 Å². The number of aryl methyl sites for hydroxylation is 1. The minimum Gasteiger partial charge on any atom is -0.339 e. The Morgan fingerprint density at radius 1 is 1.27 bits per heavy atom. The standard InChI is InChI=1S/C14H18Cl3N3OS/c1-3-6-11(21)19-12(14(15,16)17)20-13(22)18-10-8-5-4-7-9(10)2/h4-5,7-8,12H,3,6H2,1-2H3,(H,19,21)(H2,18,20,22)/t12-/m0/s1. The van der Waals surface area contributed by atoms with Crippen molar-refractivity contribution in [3.8, 4) is 0 Å². The molecule has 1 aromatic carbocycles. The Hall–Kier alpha value is -0.750. The molecule has 0 saturated carbocycles. The SMILES string of the molecule is CCCC(=O)N[C@@H](NC(=S)Nc1ccccc1C)C(Cl)(Cl)Cl. The molecule has 0 saturated heterocycles. The summed E-state index contributed by atoms with van der Waals surface area (Å²) in [4.78, 5) is 11.7. The zero-order valence-corrected chi connectivity index (χ0v) is 15.3. The van der Waals surface area contributed by atoms with Gasteiger partial charge in [0.05, 0.1) is 0 Å². The molecule has 0 aliphatic carbocycles. The number of nitrogens with one attached hydrogen (secondary N) is 3. The molecule has 0 bridgehead atoms. The summed E-state index contributed by atoms with van der Waals surface area (Å²) in [5.74, 6) is -0.218. The summed E-state index contributed by atoms with van der Waals surface area (Å²) in [5.41, 5.74) is 1.86. The van der Waals surface area contributed by atoms with Crippen LogP contribution in [0.4, 0.5) is 5.69 Å². The van der Waals surface area contributed by atoms with Crippen molar-refractivity contribution in [1.82, 2.24) is 10.6 Å². The van der Waals surface area contributed by atoms with Crippen molar-refractivity contribution < 1.29 is 4.79 Å². The summed E-state index contributed by atoms with van der Waals surface area (Å²) in [5, 5.41) is 8.69. The van der Waals surface area contributed by atoms with E-state index in [4.69, 9.17) is 47.0 Å². The van der Waals surface area contributed by atoms with Gasteiger partial charge in [-0.15, -0.1) is 0 Å². The van der Waals surface area contributed by atoms with Crippen molar-refractivity contribution in [2.24, 2.45) is 0 Å². The Morgan fingerprint density at radius 3 is 2.45 bits per heavy atom. The number of thiocarbonyl (C=S) groups is 1. The van der Waals surface area contributed by atoms with Gasteiger partial charge in [-0.3, -0.25) is 4.79 Å². The predicted octanol–water partition coefficient (Wildman–Crippen LogP) is 3.89. The molecule has 0 aliphatic heterocycles. The van der Waals surface area contributed by atoms with Gasteiger partial charge in [0.15, 0.2) is 5.11 Å². The molecular formula is C14H18Cl3N3OS. The van der Waals surface area contributed by atoms with Crippen LogP contribution in [-0.2, 0) is 4.79 Å². The number of rotatable bonds is 5. The van der Waals surface area contributed by atoms with Crippen LogP contribution in [0.5, 0.6) is 0 Å². The van der Waals surface area contributed by atoms with Gasteiger partial charge in [-0.05, 0) is 37.2 Å². The maximum absolute atomic E-state index is 11.7. The van der Waals surface area contributed by atoms with Crippen LogP contribution < -0.4 is 16.0 Å². The van der Waals surface area contributed by atoms with Crippen LogP contribution in [0.1, 0.15) is 25.3 Å². The lowest BCUT2D eigenvalue weighted by molar-refractivity contribution is -0.121. The smallest absolute Gasteiger partial charge is 0.228 e. The topological polar surface area (TPSA) is 53.2 Å². The van der Waals surface area contributed by atoms with E-state index in [2.05, 4.69) is 16.0 Å². The average Bonchev–Trinajstić information content (AvgIpc) is 2.40. The number of para-hydroxylation sites is 1. The fourth-order valence-electron chi connectivity index (χ4n) is 1.66. The molecule has 0 aliphatic rings. The molecule has 4 nitrogen and oxygen atoms in total. The van der Waals surface area contributed by atoms with Crippen LogP contribution in [0, 0.1) is 6.92 Å². The number of carbonyl (C=O) groups excluding carboxylic acids is 1. The highest BCUT2D eigenvalue weighted by Crippen LogP contribution is 2.29. The molecule has 0 heterocycles. The molecule has 22 heavy (non-hydrogen) atoms. The Morgan fingerprint density at radius 2 is 1.91 bits per heavy atom. The van der Waals surface area contributed by atoms with Gasteiger partial charge in [0, 0.05) is 12.1 Å². The lowest BCUT2D eigenvalue weighted by Gasteiger charge is -2.28. The highest BCUT2D eigenvalue weighted by atomic mass is 35.6. The van der Waals surface area contributed by atoms with E-state index >= 15 is 0 Å². The van der Waals surface area contributed by atoms with E-state index in [9.17, 15) is 4.79 Å². The van der Waals surface area contributed by atoms with E-state index in [1.165, 1.54) is 0 Å². The van der Waals surface area contributed by atoms with Gasteiger partial charge in [-0.1, -0.05) is 59.9 Å². The van der Waals surface area contributed by atoms with Gasteiger partial charge in [0.2, 0.25) is 9.70 Å². The fourth-order valence-corrected chi connectivity index (χ4v) is 2.22. The Kier molecular flexibility index (Phi) is 7.69. The maximum Gasteiger partial charge on any atom is 0.228 e. The average molecular weight is 383 g/mol. The first-order valence-corrected chi connectivity index (χ1v) is 8.27. The molecule has 1 amide bonds. The second-order valence-electron chi connectivity index (χ2n) is 4.71. The van der Waals surface area contributed by atoms with E-state index in [1.54, 1.807) is 0 Å². The molecule has 0 radical (unpaired) electrons. The van der Waals surface area contributed by atoms with E-state index < -0.39 is 9.96 Å². The van der Waals surface area contributed by atoms with Crippen LogP contribution in [0.2, 0.25) is 0 Å². The fraction of sp³-hybridized carbons (Fsp3) is 0.429. The zero-order chi connectivity index (χ0) is 16.8. The number of carbonyl (C=O) groups is 1. The first-order valence-electron chi connectivity index (χ1n) is 6.73. The van der Waals surface area contributed by atoms with Gasteiger partial charge in [-0.25, -0.2) is 0 Å². The number of anilines is 1. The van der Waals surface area contributed by atoms with E-state index in [-0.39, 0.29) is 11.0 Å². The Labute approximate surface area is 150 Å². The third-order valence-electron chi connectivity index (χ3n) is 2.78. The summed E-state index contributed by atoms with van der Waals surface area (Å²) in [6, 6.07) is 7.63. The van der Waals surface area contributed by atoms with Crippen LogP contribution >= 0.6 is 47.0 Å². The number of amides is 1. The van der Waals surface area contributed by atoms with Crippen molar-refractivity contribution in [3.63, 3.8) is 0 Å². The minimum absolute atomic E-state index is 0.218. The zero-order valence-electron chi connectivity index (χ0n) is 12.3. The lowest BCUT2D eigenvalue weighted by atomic mass is 10.2. The van der Waals surface area contributed by atoms with E-state index in [0.29, 0.717) is 12.8 Å². The van der Waals surface area contributed by atoms with Crippen molar-refractivity contribution in [1.29, 1.82) is 0 Å². The largest absolute Gasteiger partial charge is 0.339 e. The molecular weight excluding hydrogens is 365 g/mol. The van der Waals surface area contributed by atoms with E-state index in [0.717, 1.165) is 11.3 Å². The van der Waals surface area contributed by atoms with Crippen molar-refractivity contribution in [2.75, 3.05) is 5.32 Å². The number of alkyl halides is 3. The molecule has 3 N–H and O–H groups in total. The Bertz CT molecular complexity index is 534. The molecule has 1 atom stereocenters. The molecule has 1 aromatic rings. The number of halogens is 3. The van der Waals surface area contributed by atoms with Crippen molar-refractivity contribution >= 4 is 63.7 Å². The van der Waals surface area contributed by atoms with Crippen LogP contribution in [-0.4, -0.2) is 21.0 Å². The Balaban J connectivity index is 2.71. The van der Waals surface area contributed by atoms with Gasteiger partial charge >= 0.3 is 0 Å². The first kappa shape index (κ1) is 19.3. The molecule has 0 unspecified atom stereocenters. The van der Waals surface area contributed by atoms with Gasteiger partial charge < -0.3 is 16.0 Å². The highest BCUT2D eigenvalue weighted by molar-refractivity contribution is 7.80. The normalized spacial score (nSPS) is 12.4. The van der Waals surface area contributed by atoms with Crippen LogP contribution in [0.15, 0.2) is 24.3 Å². The third kappa shape index (κ3) is 6.57. The first-order chi connectivity index (χ1) is 10.2. The molecule has 8 heteroatoms. The van der Waals surface area contributed by atoms with Crippen LogP contribution in [0.25, 0.3) is 0 Å². The third-order valence-corrected chi connectivity index (χ3v) is 3.65. The molecule has 0 aromatic heterocycles. The summed E-state index contributed by atoms with van der Waals surface area (Å²) in [6.45, 7) is 3.84. The molecule has 122 valence electrons. The molecule has 1 rings (SSSR count). The maximum atomic E-state index is 11.7. The second kappa shape index (κ2) is 8.77. The minimum atomic E-state index is -1.74. The number of hydrogen-bond donors (Lipinski definition) is 3. The summed E-state index contributed by atoms with van der Waals surface area (Å²) < 4.78 is -1.74. The monoisotopic (exact) mass is 381 g/mol. The summed E-state index contributed by atoms with van der Waals surface area (Å²) >= 11 is 22.9. The highest BCUT2D eigenvalue weighted by Gasteiger charge is 2.34. The summed E-state index contributed by atoms with van der Waals surface area (Å²) in [6.07, 6.45) is 0.113. The lowest BCUT2D eigenvalue weighted by Crippen LogP contribution is -2.56. The van der Waals surface area contributed by atoms with Gasteiger partial charge in [-0.2, -0.15) is 0 Å².